The van der Waals surface area contributed by atoms with E-state index >= 15 is 0 Å². The Kier molecular flexibility index (Phi) is 44.4. The SMILES string of the molecule is CCN1CC(=O)NC1=O.CCN1CCCN(C)CC1.CCN1CCCNCC1.CCN1CCN(C)C[C@@H]1C.CCN1CCN(C)[C@@H](C)C1.CCN1CCN(C)[C@H](C)C1.CCN1CCNC(=O)CC1.CCN1CCNC1=O.CCn1ccnc1. The number of piperazine rings is 3. The van der Waals surface area contributed by atoms with E-state index in [0.29, 0.717) is 13.0 Å². The Labute approximate surface area is 507 Å². The first kappa shape index (κ1) is 77.5. The normalized spacial score (nSPS) is 24.0. The molecule has 22 heteroatoms. The summed E-state index contributed by atoms with van der Waals surface area (Å²) in [6.07, 6.45) is 8.84. The fourth-order valence-corrected chi connectivity index (χ4v) is 10.3. The van der Waals surface area contributed by atoms with E-state index in [1.165, 1.54) is 162 Å². The largest absolute Gasteiger partial charge is 0.355 e. The first-order valence-corrected chi connectivity index (χ1v) is 32.5. The van der Waals surface area contributed by atoms with Gasteiger partial charge >= 0.3 is 12.1 Å². The molecule has 486 valence electrons. The Bertz CT molecular complexity index is 1730. The Hall–Kier alpha value is -3.55. The minimum Gasteiger partial charge on any atom is -0.355 e. The molecule has 0 bridgehead atoms. The average Bonchev–Trinajstić information content (AvgIpc) is 4.11. The first-order valence-electron chi connectivity index (χ1n) is 32.5. The second kappa shape index (κ2) is 47.6. The summed E-state index contributed by atoms with van der Waals surface area (Å²) in [6.45, 7) is 61.4. The summed E-state index contributed by atoms with van der Waals surface area (Å²) in [5.41, 5.74) is 0. The molecule has 83 heavy (non-hydrogen) atoms. The summed E-state index contributed by atoms with van der Waals surface area (Å²) in [6, 6.07) is 2.04. The van der Waals surface area contributed by atoms with Crippen LogP contribution in [0.15, 0.2) is 18.7 Å². The van der Waals surface area contributed by atoms with Gasteiger partial charge in [0.1, 0.15) is 6.54 Å². The highest BCUT2D eigenvalue weighted by molar-refractivity contribution is 6.01. The van der Waals surface area contributed by atoms with E-state index in [4.69, 9.17) is 0 Å². The highest BCUT2D eigenvalue weighted by Crippen LogP contribution is 2.08. The van der Waals surface area contributed by atoms with E-state index in [2.05, 4.69) is 173 Å². The molecule has 9 heterocycles. The zero-order chi connectivity index (χ0) is 62.0. The fraction of sp³-hybridized carbons (Fsp3) is 0.885. The maximum atomic E-state index is 10.8. The van der Waals surface area contributed by atoms with Gasteiger partial charge < -0.3 is 74.4 Å². The Balaban J connectivity index is 0.000000468. The van der Waals surface area contributed by atoms with Crippen LogP contribution < -0.4 is 21.3 Å². The van der Waals surface area contributed by atoms with Crippen molar-refractivity contribution in [1.29, 1.82) is 0 Å². The van der Waals surface area contributed by atoms with Crippen molar-refractivity contribution in [3.8, 4) is 0 Å². The highest BCUT2D eigenvalue weighted by atomic mass is 16.2. The first-order chi connectivity index (χ1) is 39.8. The summed E-state index contributed by atoms with van der Waals surface area (Å²) in [7, 11) is 8.82. The van der Waals surface area contributed by atoms with Gasteiger partial charge in [-0.1, -0.05) is 41.5 Å². The number of nitrogens with one attached hydrogen (secondary N) is 4. The second-order valence-corrected chi connectivity index (χ2v) is 22.9. The van der Waals surface area contributed by atoms with Gasteiger partial charge in [0, 0.05) is 174 Å². The van der Waals surface area contributed by atoms with E-state index in [1.807, 2.05) is 24.6 Å². The number of carbonyl (C=O) groups is 4. The number of nitrogens with zero attached hydrogens (tertiary/aromatic N) is 14. The maximum absolute atomic E-state index is 10.8. The summed E-state index contributed by atoms with van der Waals surface area (Å²) < 4.78 is 2.01. The van der Waals surface area contributed by atoms with Crippen molar-refractivity contribution >= 4 is 23.9 Å². The predicted octanol–water partition coefficient (Wildman–Crippen LogP) is 3.19. The molecule has 8 saturated heterocycles. The molecule has 8 aliphatic heterocycles. The number of aromatic nitrogens is 2. The number of carbonyl (C=O) groups excluding carboxylic acids is 4. The van der Waals surface area contributed by atoms with Crippen molar-refractivity contribution in [3.63, 3.8) is 0 Å². The van der Waals surface area contributed by atoms with Crippen LogP contribution in [-0.2, 0) is 16.1 Å². The predicted molar refractivity (Wildman–Crippen MR) is 346 cm³/mol. The molecule has 6 amide bonds. The van der Waals surface area contributed by atoms with Crippen LogP contribution in [0.4, 0.5) is 9.59 Å². The molecule has 0 aliphatic carbocycles. The zero-order valence-corrected chi connectivity index (χ0v) is 56.1. The van der Waals surface area contributed by atoms with Gasteiger partial charge in [-0.05, 0) is 148 Å². The van der Waals surface area contributed by atoms with E-state index < -0.39 is 0 Å². The summed E-state index contributed by atoms with van der Waals surface area (Å²) >= 11 is 0. The van der Waals surface area contributed by atoms with E-state index in [-0.39, 0.29) is 30.4 Å². The molecule has 0 saturated carbocycles. The van der Waals surface area contributed by atoms with Crippen LogP contribution in [0.5, 0.6) is 0 Å². The third-order valence-corrected chi connectivity index (χ3v) is 16.8. The van der Waals surface area contributed by atoms with Crippen LogP contribution in [0.2, 0.25) is 0 Å². The van der Waals surface area contributed by atoms with Crippen molar-refractivity contribution in [2.45, 2.75) is 127 Å². The summed E-state index contributed by atoms with van der Waals surface area (Å²) in [5, 5.41) is 11.1. The third-order valence-electron chi connectivity index (χ3n) is 16.8. The van der Waals surface area contributed by atoms with Crippen molar-refractivity contribution in [3.05, 3.63) is 18.7 Å². The minimum atomic E-state index is -0.275. The number of imide groups is 1. The summed E-state index contributed by atoms with van der Waals surface area (Å²) in [4.78, 5) is 74.0. The van der Waals surface area contributed by atoms with E-state index in [1.54, 1.807) is 17.4 Å². The average molecular weight is 1180 g/mol. The van der Waals surface area contributed by atoms with Crippen molar-refractivity contribution in [1.82, 2.24) is 89.6 Å². The van der Waals surface area contributed by atoms with Crippen LogP contribution in [0, 0.1) is 0 Å². The molecule has 3 atom stereocenters. The second-order valence-electron chi connectivity index (χ2n) is 22.9. The highest BCUT2D eigenvalue weighted by Gasteiger charge is 2.25. The Morgan fingerprint density at radius 2 is 0.988 bits per heavy atom. The van der Waals surface area contributed by atoms with E-state index in [9.17, 15) is 19.2 Å². The number of aryl methyl sites for hydroxylation is 1. The lowest BCUT2D eigenvalue weighted by Gasteiger charge is -2.37. The van der Waals surface area contributed by atoms with Gasteiger partial charge in [-0.2, -0.15) is 0 Å². The summed E-state index contributed by atoms with van der Waals surface area (Å²) in [5.74, 6) is -0.0159. The quantitative estimate of drug-likeness (QED) is 0.266. The third kappa shape index (κ3) is 35.6. The molecular formula is C61H128N18O4. The number of rotatable bonds is 9. The van der Waals surface area contributed by atoms with Gasteiger partial charge in [0.25, 0.3) is 0 Å². The van der Waals surface area contributed by atoms with Gasteiger partial charge in [-0.15, -0.1) is 0 Å². The van der Waals surface area contributed by atoms with Crippen molar-refractivity contribution in [2.75, 3.05) is 231 Å². The molecule has 4 N–H and O–H groups in total. The van der Waals surface area contributed by atoms with Gasteiger partial charge in [0.05, 0.1) is 6.33 Å². The van der Waals surface area contributed by atoms with Crippen LogP contribution >= 0.6 is 0 Å². The molecule has 9 rings (SSSR count). The molecule has 22 nitrogen and oxygen atoms in total. The topological polar surface area (TPSA) is 173 Å². The number of hydrogen-bond donors (Lipinski definition) is 4. The molecule has 0 spiro atoms. The number of likely N-dealkylation sites (N-methyl/N-ethyl adjacent to an activating group) is 12. The van der Waals surface area contributed by atoms with Crippen LogP contribution in [0.3, 0.4) is 0 Å². The number of imidazole rings is 1. The molecule has 8 fully saturated rings. The lowest BCUT2D eigenvalue weighted by molar-refractivity contribution is -0.120. The van der Waals surface area contributed by atoms with Gasteiger partial charge in [-0.25, -0.2) is 14.6 Å². The number of hydrogen-bond acceptors (Lipinski definition) is 16. The molecule has 0 unspecified atom stereocenters. The Morgan fingerprint density at radius 3 is 1.43 bits per heavy atom. The van der Waals surface area contributed by atoms with Crippen molar-refractivity contribution < 1.29 is 19.2 Å². The van der Waals surface area contributed by atoms with Crippen LogP contribution in [0.1, 0.15) is 102 Å². The van der Waals surface area contributed by atoms with Crippen molar-refractivity contribution in [2.24, 2.45) is 0 Å². The lowest BCUT2D eigenvalue weighted by atomic mass is 10.2. The lowest BCUT2D eigenvalue weighted by Crippen LogP contribution is -2.50. The number of urea groups is 2. The van der Waals surface area contributed by atoms with Crippen LogP contribution in [-0.4, -0.2) is 341 Å². The smallest absolute Gasteiger partial charge is 0.324 e. The molecular weight excluding hydrogens is 1050 g/mol. The number of amides is 6. The zero-order valence-electron chi connectivity index (χ0n) is 56.1. The van der Waals surface area contributed by atoms with Gasteiger partial charge in [0.15, 0.2) is 0 Å². The van der Waals surface area contributed by atoms with Crippen LogP contribution in [0.25, 0.3) is 0 Å². The molecule has 1 aromatic rings. The Morgan fingerprint density at radius 1 is 0.446 bits per heavy atom. The minimum absolute atomic E-state index is 0.0764. The standard InChI is InChI=1S/4C8H18N2.C7H14N2O.C7H16N2.C5H8N2O2.C5H10N2O.C5H8N2/c2*1-4-10-6-5-9(3)8(2)7-10;1-4-10-6-5-9(3)7-8(10)2;1-3-10-6-4-5-9(2)7-8-10;1-2-9-5-3-7(10)8-4-6-9;1-2-9-6-3-4-8-5-7-9;1-2-7-3-4(8)6-5(7)9;1-2-7-4-3-6-5(7)8;1-2-7-4-3-6-5-7/h3*8H,4-7H2,1-3H3;3-8H2,1-2H3;2-6H2,1H3,(H,8,10);8H,2-7H2,1H3;2-3H2,1H3,(H,6,8,9);2-4H2,1H3,(H,6,8);3-5H,2H2,1H3/t3*8-;;;;;;/m100....../s1. The van der Waals surface area contributed by atoms with Gasteiger partial charge in [-0.3, -0.25) is 19.8 Å². The monoisotopic (exact) mass is 1180 g/mol. The molecule has 8 aliphatic rings. The maximum Gasteiger partial charge on any atom is 0.324 e. The molecule has 0 radical (unpaired) electrons. The fourth-order valence-electron chi connectivity index (χ4n) is 10.3. The van der Waals surface area contributed by atoms with E-state index in [0.717, 1.165) is 70.5 Å². The molecule has 1 aromatic heterocycles. The molecule has 0 aromatic carbocycles. The van der Waals surface area contributed by atoms with Gasteiger partial charge in [0.2, 0.25) is 11.8 Å².